The van der Waals surface area contributed by atoms with Crippen molar-refractivity contribution in [2.24, 2.45) is 23.2 Å². The molecule has 1 atom stereocenters. The van der Waals surface area contributed by atoms with E-state index in [1.807, 2.05) is 16.7 Å². The Hall–Kier alpha value is -1.63. The molecule has 7 heteroatoms. The van der Waals surface area contributed by atoms with Crippen LogP contribution in [0, 0.1) is 23.2 Å². The first-order chi connectivity index (χ1) is 15.5. The van der Waals surface area contributed by atoms with Gasteiger partial charge in [-0.2, -0.15) is 0 Å². The van der Waals surface area contributed by atoms with E-state index in [9.17, 15) is 14.4 Å². The summed E-state index contributed by atoms with van der Waals surface area (Å²) in [6.45, 7) is 6.64. The van der Waals surface area contributed by atoms with Gasteiger partial charge in [-0.05, 0) is 82.5 Å². The van der Waals surface area contributed by atoms with Crippen molar-refractivity contribution in [3.05, 3.63) is 0 Å². The lowest BCUT2D eigenvalue weighted by atomic mass is 9.49. The van der Waals surface area contributed by atoms with Crippen LogP contribution in [0.25, 0.3) is 0 Å². The zero-order valence-corrected chi connectivity index (χ0v) is 19.7. The molecule has 0 radical (unpaired) electrons. The molecule has 0 aromatic rings. The van der Waals surface area contributed by atoms with Crippen LogP contribution in [0.5, 0.6) is 0 Å². The van der Waals surface area contributed by atoms with Gasteiger partial charge in [0.1, 0.15) is 6.04 Å². The monoisotopic (exact) mass is 444 g/mol. The molecule has 6 rings (SSSR count). The lowest BCUT2D eigenvalue weighted by molar-refractivity contribution is -0.162. The standard InChI is InChI=1S/C25H40N4O3/c1-2-26-22(30)17-27-6-4-7-28(10-9-27)23(31)21-5-3-8-29(21)24(32)25-14-18-11-19(15-25)13-20(12-18)16-25/h18-21H,2-17H2,1H3,(H,26,30). The molecule has 6 aliphatic rings. The summed E-state index contributed by atoms with van der Waals surface area (Å²) in [4.78, 5) is 45.5. The average Bonchev–Trinajstić information content (AvgIpc) is 3.12. The first kappa shape index (κ1) is 22.2. The van der Waals surface area contributed by atoms with Gasteiger partial charge in [0.05, 0.1) is 12.0 Å². The SMILES string of the molecule is CCNC(=O)CN1CCCN(C(=O)C2CCCN2C(=O)C23CC4CC(CC(C4)C2)C3)CC1. The third-order valence-corrected chi connectivity index (χ3v) is 8.93. The van der Waals surface area contributed by atoms with E-state index in [4.69, 9.17) is 0 Å². The van der Waals surface area contributed by atoms with Crippen molar-refractivity contribution >= 4 is 17.7 Å². The Bertz CT molecular complexity index is 718. The van der Waals surface area contributed by atoms with E-state index in [0.717, 1.165) is 82.5 Å². The molecule has 178 valence electrons. The maximum Gasteiger partial charge on any atom is 0.245 e. The number of hydrogen-bond acceptors (Lipinski definition) is 4. The number of amides is 3. The van der Waals surface area contributed by atoms with Crippen LogP contribution in [0.1, 0.15) is 64.7 Å². The van der Waals surface area contributed by atoms with Gasteiger partial charge in [0.15, 0.2) is 0 Å². The Balaban J connectivity index is 1.22. The topological polar surface area (TPSA) is 73.0 Å². The quantitative estimate of drug-likeness (QED) is 0.703. The molecular weight excluding hydrogens is 404 g/mol. The van der Waals surface area contributed by atoms with Gasteiger partial charge in [-0.3, -0.25) is 19.3 Å². The second-order valence-electron chi connectivity index (χ2n) is 11.3. The predicted molar refractivity (Wildman–Crippen MR) is 122 cm³/mol. The van der Waals surface area contributed by atoms with Crippen molar-refractivity contribution in [1.82, 2.24) is 20.0 Å². The first-order valence-electron chi connectivity index (χ1n) is 13.1. The van der Waals surface area contributed by atoms with Crippen molar-refractivity contribution in [3.8, 4) is 0 Å². The number of hydrogen-bond donors (Lipinski definition) is 1. The number of likely N-dealkylation sites (tertiary alicyclic amines) is 1. The zero-order valence-electron chi connectivity index (χ0n) is 19.7. The van der Waals surface area contributed by atoms with Crippen LogP contribution in [-0.2, 0) is 14.4 Å². The van der Waals surface area contributed by atoms with Gasteiger partial charge in [-0.1, -0.05) is 0 Å². The van der Waals surface area contributed by atoms with Crippen molar-refractivity contribution in [2.45, 2.75) is 70.8 Å². The number of rotatable bonds is 5. The highest BCUT2D eigenvalue weighted by Crippen LogP contribution is 2.60. The minimum Gasteiger partial charge on any atom is -0.355 e. The highest BCUT2D eigenvalue weighted by Gasteiger charge is 2.57. The van der Waals surface area contributed by atoms with E-state index in [2.05, 4.69) is 10.2 Å². The first-order valence-corrected chi connectivity index (χ1v) is 13.1. The van der Waals surface area contributed by atoms with E-state index >= 15 is 0 Å². The van der Waals surface area contributed by atoms with Crippen LogP contribution in [-0.4, -0.2) is 84.3 Å². The fourth-order valence-corrected chi connectivity index (χ4v) is 7.96. The third kappa shape index (κ3) is 4.17. The molecule has 3 amide bonds. The molecule has 4 aliphatic carbocycles. The summed E-state index contributed by atoms with van der Waals surface area (Å²) in [5.74, 6) is 2.71. The Kier molecular flexibility index (Phi) is 6.21. The highest BCUT2D eigenvalue weighted by molar-refractivity contribution is 5.91. The second-order valence-corrected chi connectivity index (χ2v) is 11.3. The van der Waals surface area contributed by atoms with E-state index in [1.54, 1.807) is 0 Å². The minimum atomic E-state index is -0.273. The van der Waals surface area contributed by atoms with Crippen molar-refractivity contribution in [1.29, 1.82) is 0 Å². The molecule has 4 saturated carbocycles. The fraction of sp³-hybridized carbons (Fsp3) is 0.880. The van der Waals surface area contributed by atoms with Crippen LogP contribution >= 0.6 is 0 Å². The average molecular weight is 445 g/mol. The Morgan fingerprint density at radius 3 is 2.22 bits per heavy atom. The largest absolute Gasteiger partial charge is 0.355 e. The minimum absolute atomic E-state index is 0.0513. The Morgan fingerprint density at radius 1 is 0.875 bits per heavy atom. The predicted octanol–water partition coefficient (Wildman–Crippen LogP) is 1.86. The van der Waals surface area contributed by atoms with Crippen molar-refractivity contribution in [3.63, 3.8) is 0 Å². The third-order valence-electron chi connectivity index (χ3n) is 8.93. The molecule has 1 unspecified atom stereocenters. The molecule has 4 bridgehead atoms. The molecule has 0 aromatic carbocycles. The molecule has 0 spiro atoms. The van der Waals surface area contributed by atoms with Crippen LogP contribution in [0.4, 0.5) is 0 Å². The zero-order chi connectivity index (χ0) is 22.3. The van der Waals surface area contributed by atoms with Crippen LogP contribution in [0.2, 0.25) is 0 Å². The number of carbonyl (C=O) groups is 3. The van der Waals surface area contributed by atoms with E-state index < -0.39 is 0 Å². The Labute approximate surface area is 192 Å². The van der Waals surface area contributed by atoms with E-state index in [0.29, 0.717) is 25.5 Å². The normalized spacial score (nSPS) is 36.9. The molecular formula is C25H40N4O3. The maximum atomic E-state index is 13.9. The lowest BCUT2D eigenvalue weighted by Crippen LogP contribution is -2.57. The summed E-state index contributed by atoms with van der Waals surface area (Å²) < 4.78 is 0. The van der Waals surface area contributed by atoms with Crippen molar-refractivity contribution in [2.75, 3.05) is 45.8 Å². The van der Waals surface area contributed by atoms with Gasteiger partial charge >= 0.3 is 0 Å². The summed E-state index contributed by atoms with van der Waals surface area (Å²) in [7, 11) is 0. The smallest absolute Gasteiger partial charge is 0.245 e. The van der Waals surface area contributed by atoms with Gasteiger partial charge in [-0.15, -0.1) is 0 Å². The molecule has 2 saturated heterocycles. The van der Waals surface area contributed by atoms with Gasteiger partial charge in [0.2, 0.25) is 17.7 Å². The molecule has 2 aliphatic heterocycles. The highest BCUT2D eigenvalue weighted by atomic mass is 16.2. The molecule has 0 aromatic heterocycles. The molecule has 6 fully saturated rings. The van der Waals surface area contributed by atoms with E-state index in [-0.39, 0.29) is 23.3 Å². The molecule has 7 nitrogen and oxygen atoms in total. The van der Waals surface area contributed by atoms with E-state index in [1.165, 1.54) is 19.3 Å². The summed E-state index contributed by atoms with van der Waals surface area (Å²) >= 11 is 0. The molecule has 32 heavy (non-hydrogen) atoms. The van der Waals surface area contributed by atoms with Gasteiger partial charge in [-0.25, -0.2) is 0 Å². The number of likely N-dealkylation sites (N-methyl/N-ethyl adjacent to an activating group) is 1. The molecule has 2 heterocycles. The summed E-state index contributed by atoms with van der Waals surface area (Å²) in [6.07, 6.45) is 9.79. The molecule has 1 N–H and O–H groups in total. The number of carbonyl (C=O) groups excluding carboxylic acids is 3. The maximum absolute atomic E-state index is 13.9. The van der Waals surface area contributed by atoms with Gasteiger partial charge in [0, 0.05) is 39.3 Å². The Morgan fingerprint density at radius 2 is 1.56 bits per heavy atom. The summed E-state index contributed by atoms with van der Waals surface area (Å²) in [6, 6.07) is -0.273. The lowest BCUT2D eigenvalue weighted by Gasteiger charge is -2.56. The van der Waals surface area contributed by atoms with Crippen LogP contribution < -0.4 is 5.32 Å². The van der Waals surface area contributed by atoms with Crippen molar-refractivity contribution < 1.29 is 14.4 Å². The fourth-order valence-electron chi connectivity index (χ4n) is 7.96. The second kappa shape index (κ2) is 8.96. The summed E-state index contributed by atoms with van der Waals surface area (Å²) in [5.41, 5.74) is -0.167. The van der Waals surface area contributed by atoms with Crippen LogP contribution in [0.3, 0.4) is 0 Å². The summed E-state index contributed by atoms with van der Waals surface area (Å²) in [5, 5.41) is 2.86. The van der Waals surface area contributed by atoms with Crippen LogP contribution in [0.15, 0.2) is 0 Å². The van der Waals surface area contributed by atoms with Gasteiger partial charge < -0.3 is 15.1 Å². The van der Waals surface area contributed by atoms with Gasteiger partial charge in [0.25, 0.3) is 0 Å². The number of nitrogens with zero attached hydrogens (tertiary/aromatic N) is 3. The number of nitrogens with one attached hydrogen (secondary N) is 1.